The van der Waals surface area contributed by atoms with Gasteiger partial charge in [0.15, 0.2) is 0 Å². The van der Waals surface area contributed by atoms with Crippen LogP contribution in [0.5, 0.6) is 0 Å². The second-order valence-electron chi connectivity index (χ2n) is 2.50. The van der Waals surface area contributed by atoms with Crippen LogP contribution in [0.15, 0.2) is 28.7 Å². The van der Waals surface area contributed by atoms with Crippen molar-refractivity contribution in [2.45, 2.75) is 6.17 Å². The van der Waals surface area contributed by atoms with Crippen molar-refractivity contribution in [2.75, 3.05) is 0 Å². The molecule has 6 nitrogen and oxygen atoms in total. The predicted molar refractivity (Wildman–Crippen MR) is 50.9 cm³/mol. The molecule has 0 saturated heterocycles. The molecule has 14 heavy (non-hydrogen) atoms. The minimum atomic E-state index is -1.89. The zero-order chi connectivity index (χ0) is 10.7. The van der Waals surface area contributed by atoms with E-state index in [4.69, 9.17) is 0 Å². The summed E-state index contributed by atoms with van der Waals surface area (Å²) >= 11 is 3.13. The number of nitro groups is 2. The first-order valence-electron chi connectivity index (χ1n) is 3.55. The molecule has 0 bridgehead atoms. The van der Waals surface area contributed by atoms with Gasteiger partial charge in [0.1, 0.15) is 15.4 Å². The molecule has 0 aromatic heterocycles. The molecule has 0 amide bonds. The number of hydrogen-bond donors (Lipinski definition) is 0. The Morgan fingerprint density at radius 1 is 1.07 bits per heavy atom. The average Bonchev–Trinajstić information content (AvgIpc) is 2.07. The van der Waals surface area contributed by atoms with Gasteiger partial charge in [0.05, 0.1) is 0 Å². The molecule has 0 atom stereocenters. The highest BCUT2D eigenvalue weighted by Crippen LogP contribution is 2.19. The van der Waals surface area contributed by atoms with Gasteiger partial charge in [-0.2, -0.15) is 0 Å². The Labute approximate surface area is 87.0 Å². The standard InChI is InChI=1S/C7H5BrN2O4/c8-6-3-1-5(2-4-6)7(9(11)12)10(13)14/h1-4,7H. The maximum atomic E-state index is 10.4. The van der Waals surface area contributed by atoms with Gasteiger partial charge in [0.25, 0.3) is 0 Å². The number of nitrogens with zero attached hydrogens (tertiary/aromatic N) is 2. The number of hydrogen-bond acceptors (Lipinski definition) is 4. The maximum absolute atomic E-state index is 10.4. The summed E-state index contributed by atoms with van der Waals surface area (Å²) in [7, 11) is 0. The van der Waals surface area contributed by atoms with Gasteiger partial charge in [-0.05, 0) is 24.3 Å². The molecular formula is C7H5BrN2O4. The molecule has 0 aliphatic heterocycles. The maximum Gasteiger partial charge on any atom is 0.476 e. The van der Waals surface area contributed by atoms with Gasteiger partial charge in [0.2, 0.25) is 0 Å². The lowest BCUT2D eigenvalue weighted by atomic mass is 10.2. The molecule has 0 aliphatic carbocycles. The lowest BCUT2D eigenvalue weighted by Crippen LogP contribution is -2.19. The second-order valence-corrected chi connectivity index (χ2v) is 3.41. The van der Waals surface area contributed by atoms with Gasteiger partial charge < -0.3 is 0 Å². The summed E-state index contributed by atoms with van der Waals surface area (Å²) in [6.45, 7) is 0. The van der Waals surface area contributed by atoms with Crippen molar-refractivity contribution in [1.29, 1.82) is 0 Å². The fourth-order valence-corrected chi connectivity index (χ4v) is 1.22. The lowest BCUT2D eigenvalue weighted by molar-refractivity contribution is -0.752. The summed E-state index contributed by atoms with van der Waals surface area (Å²) < 4.78 is 0.715. The molecule has 0 heterocycles. The van der Waals surface area contributed by atoms with Crippen LogP contribution in [0.4, 0.5) is 0 Å². The first kappa shape index (κ1) is 10.6. The van der Waals surface area contributed by atoms with Crippen LogP contribution in [0.1, 0.15) is 11.7 Å². The Bertz CT molecular complexity index is 350. The summed E-state index contributed by atoms with van der Waals surface area (Å²) in [6, 6.07) is 5.74. The van der Waals surface area contributed by atoms with Gasteiger partial charge in [-0.15, -0.1) is 0 Å². The van der Waals surface area contributed by atoms with E-state index in [1.807, 2.05) is 0 Å². The van der Waals surface area contributed by atoms with Gasteiger partial charge in [-0.3, -0.25) is 20.2 Å². The molecule has 74 valence electrons. The van der Waals surface area contributed by atoms with E-state index in [1.54, 1.807) is 0 Å². The fourth-order valence-electron chi connectivity index (χ4n) is 0.955. The van der Waals surface area contributed by atoms with Crippen LogP contribution in [0, 0.1) is 20.2 Å². The Balaban J connectivity index is 3.06. The van der Waals surface area contributed by atoms with Crippen molar-refractivity contribution < 1.29 is 9.85 Å². The van der Waals surface area contributed by atoms with Crippen LogP contribution in [0.3, 0.4) is 0 Å². The Kier molecular flexibility index (Phi) is 3.13. The van der Waals surface area contributed by atoms with Crippen molar-refractivity contribution in [3.63, 3.8) is 0 Å². The SMILES string of the molecule is O=[N+]([O-])C(c1ccc(Br)cc1)[N+](=O)[O-]. The molecule has 1 rings (SSSR count). The largest absolute Gasteiger partial charge is 0.476 e. The van der Waals surface area contributed by atoms with Crippen LogP contribution in [-0.2, 0) is 0 Å². The van der Waals surface area contributed by atoms with Crippen LogP contribution in [-0.4, -0.2) is 9.85 Å². The molecule has 7 heteroatoms. The zero-order valence-corrected chi connectivity index (χ0v) is 8.38. The highest BCUT2D eigenvalue weighted by Gasteiger charge is 2.34. The summed E-state index contributed by atoms with van der Waals surface area (Å²) in [5.74, 6) is 0. The molecular weight excluding hydrogens is 256 g/mol. The van der Waals surface area contributed by atoms with E-state index in [1.165, 1.54) is 24.3 Å². The van der Waals surface area contributed by atoms with Crippen molar-refractivity contribution in [3.8, 4) is 0 Å². The summed E-state index contributed by atoms with van der Waals surface area (Å²) in [5, 5.41) is 20.8. The molecule has 0 aliphatic rings. The fraction of sp³-hybridized carbons (Fsp3) is 0.143. The minimum absolute atomic E-state index is 0.0585. The molecule has 0 unspecified atom stereocenters. The number of benzene rings is 1. The quantitative estimate of drug-likeness (QED) is 0.473. The van der Waals surface area contributed by atoms with E-state index in [2.05, 4.69) is 15.9 Å². The summed E-state index contributed by atoms with van der Waals surface area (Å²) in [6.07, 6.45) is -1.89. The van der Waals surface area contributed by atoms with Crippen molar-refractivity contribution in [2.24, 2.45) is 0 Å². The Morgan fingerprint density at radius 2 is 1.50 bits per heavy atom. The first-order chi connectivity index (χ1) is 6.52. The van der Waals surface area contributed by atoms with Crippen molar-refractivity contribution >= 4 is 15.9 Å². The predicted octanol–water partition coefficient (Wildman–Crippen LogP) is 2.00. The van der Waals surface area contributed by atoms with Gasteiger partial charge in [-0.25, -0.2) is 0 Å². The van der Waals surface area contributed by atoms with Crippen LogP contribution in [0.2, 0.25) is 0 Å². The molecule has 1 aromatic carbocycles. The van der Waals surface area contributed by atoms with Crippen LogP contribution in [0.25, 0.3) is 0 Å². The Hall–Kier alpha value is -1.50. The van der Waals surface area contributed by atoms with Crippen LogP contribution < -0.4 is 0 Å². The zero-order valence-electron chi connectivity index (χ0n) is 6.79. The lowest BCUT2D eigenvalue weighted by Gasteiger charge is -2.01. The van der Waals surface area contributed by atoms with E-state index in [0.29, 0.717) is 4.47 Å². The van der Waals surface area contributed by atoms with E-state index in [-0.39, 0.29) is 5.56 Å². The van der Waals surface area contributed by atoms with Crippen molar-refractivity contribution in [3.05, 3.63) is 54.5 Å². The normalized spacial score (nSPS) is 10.1. The van der Waals surface area contributed by atoms with Crippen molar-refractivity contribution in [1.82, 2.24) is 0 Å². The minimum Gasteiger partial charge on any atom is -0.258 e. The van der Waals surface area contributed by atoms with Crippen LogP contribution >= 0.6 is 15.9 Å². The van der Waals surface area contributed by atoms with E-state index >= 15 is 0 Å². The average molecular weight is 261 g/mol. The topological polar surface area (TPSA) is 86.3 Å². The molecule has 0 N–H and O–H groups in total. The monoisotopic (exact) mass is 260 g/mol. The van der Waals surface area contributed by atoms with E-state index in [9.17, 15) is 20.2 Å². The smallest absolute Gasteiger partial charge is 0.258 e. The van der Waals surface area contributed by atoms with Gasteiger partial charge in [0, 0.05) is 4.47 Å². The highest BCUT2D eigenvalue weighted by molar-refractivity contribution is 9.10. The third-order valence-corrected chi connectivity index (χ3v) is 2.10. The van der Waals surface area contributed by atoms with Gasteiger partial charge >= 0.3 is 6.17 Å². The third-order valence-electron chi connectivity index (χ3n) is 1.57. The molecule has 1 aromatic rings. The molecule has 0 radical (unpaired) electrons. The third kappa shape index (κ3) is 2.25. The van der Waals surface area contributed by atoms with Gasteiger partial charge in [-0.1, -0.05) is 15.9 Å². The highest BCUT2D eigenvalue weighted by atomic mass is 79.9. The Morgan fingerprint density at radius 3 is 1.86 bits per heavy atom. The number of rotatable bonds is 3. The summed E-state index contributed by atoms with van der Waals surface area (Å²) in [5.41, 5.74) is 0.0585. The first-order valence-corrected chi connectivity index (χ1v) is 4.34. The molecule has 0 saturated carbocycles. The van der Waals surface area contributed by atoms with E-state index < -0.39 is 16.0 Å². The molecule has 0 fully saturated rings. The number of halogens is 1. The summed E-state index contributed by atoms with van der Waals surface area (Å²) in [4.78, 5) is 18.9. The second kappa shape index (κ2) is 4.14. The van der Waals surface area contributed by atoms with E-state index in [0.717, 1.165) is 0 Å². The molecule has 0 spiro atoms.